The second-order valence-corrected chi connectivity index (χ2v) is 5.68. The van der Waals surface area contributed by atoms with Gasteiger partial charge in [-0.15, -0.1) is 10.2 Å². The second kappa shape index (κ2) is 5.85. The number of H-pyrrole nitrogens is 1. The van der Waals surface area contributed by atoms with Gasteiger partial charge < -0.3 is 14.1 Å². The normalized spacial score (nSPS) is 11.1. The van der Waals surface area contributed by atoms with E-state index in [4.69, 9.17) is 9.15 Å². The summed E-state index contributed by atoms with van der Waals surface area (Å²) in [6.45, 7) is 1.79. The fourth-order valence-corrected chi connectivity index (χ4v) is 2.92. The molecule has 0 spiro atoms. The molecule has 0 unspecified atom stereocenters. The Kier molecular flexibility index (Phi) is 3.54. The maximum atomic E-state index is 5.65. The highest BCUT2D eigenvalue weighted by Crippen LogP contribution is 2.33. The molecule has 120 valence electrons. The van der Waals surface area contributed by atoms with Crippen molar-refractivity contribution in [1.29, 1.82) is 0 Å². The summed E-state index contributed by atoms with van der Waals surface area (Å²) in [7, 11) is 1.67. The van der Waals surface area contributed by atoms with E-state index in [1.165, 1.54) is 5.56 Å². The third-order valence-corrected chi connectivity index (χ3v) is 4.08. The van der Waals surface area contributed by atoms with Crippen molar-refractivity contribution in [1.82, 2.24) is 15.2 Å². The first-order chi connectivity index (χ1) is 11.7. The predicted octanol–water partition coefficient (Wildman–Crippen LogP) is 4.13. The van der Waals surface area contributed by atoms with Crippen LogP contribution in [0.2, 0.25) is 0 Å². The van der Waals surface area contributed by atoms with Crippen LogP contribution in [-0.2, 0) is 6.42 Å². The van der Waals surface area contributed by atoms with Gasteiger partial charge in [-0.3, -0.25) is 0 Å². The molecule has 5 nitrogen and oxygen atoms in total. The van der Waals surface area contributed by atoms with Crippen LogP contribution < -0.4 is 4.74 Å². The largest absolute Gasteiger partial charge is 0.497 e. The Hall–Kier alpha value is -3.08. The van der Waals surface area contributed by atoms with Crippen molar-refractivity contribution in [2.24, 2.45) is 0 Å². The third kappa shape index (κ3) is 2.54. The van der Waals surface area contributed by atoms with E-state index in [-0.39, 0.29) is 0 Å². The molecule has 4 aromatic rings. The second-order valence-electron chi connectivity index (χ2n) is 5.68. The topological polar surface area (TPSA) is 63.9 Å². The minimum atomic E-state index is 0.508. The monoisotopic (exact) mass is 319 g/mol. The van der Waals surface area contributed by atoms with E-state index in [1.807, 2.05) is 36.4 Å². The van der Waals surface area contributed by atoms with Crippen LogP contribution in [0.3, 0.4) is 0 Å². The Morgan fingerprint density at radius 3 is 2.62 bits per heavy atom. The van der Waals surface area contributed by atoms with Crippen LogP contribution in [-0.4, -0.2) is 22.3 Å². The Morgan fingerprint density at radius 1 is 1.08 bits per heavy atom. The highest BCUT2D eigenvalue weighted by Gasteiger charge is 2.18. The molecule has 0 aliphatic carbocycles. The molecular formula is C19H17N3O2. The lowest BCUT2D eigenvalue weighted by Gasteiger charge is -2.04. The summed E-state index contributed by atoms with van der Waals surface area (Å²) in [5.41, 5.74) is 4.23. The highest BCUT2D eigenvalue weighted by atomic mass is 16.5. The Morgan fingerprint density at radius 2 is 1.92 bits per heavy atom. The molecule has 24 heavy (non-hydrogen) atoms. The molecule has 1 N–H and O–H groups in total. The number of nitrogens with zero attached hydrogens (tertiary/aromatic N) is 2. The van der Waals surface area contributed by atoms with Crippen LogP contribution in [0.25, 0.3) is 22.5 Å². The maximum absolute atomic E-state index is 5.65. The quantitative estimate of drug-likeness (QED) is 0.614. The molecule has 0 atom stereocenters. The minimum Gasteiger partial charge on any atom is -0.497 e. The van der Waals surface area contributed by atoms with Gasteiger partial charge in [-0.2, -0.15) is 0 Å². The maximum Gasteiger partial charge on any atom is 0.264 e. The Labute approximate surface area is 139 Å². The lowest BCUT2D eigenvalue weighted by molar-refractivity contribution is 0.415. The fraction of sp³-hybridized carbons (Fsp3) is 0.158. The number of aryl methyl sites for hydroxylation is 1. The smallest absolute Gasteiger partial charge is 0.264 e. The lowest BCUT2D eigenvalue weighted by atomic mass is 10.0. The first-order valence-electron chi connectivity index (χ1n) is 7.77. The summed E-state index contributed by atoms with van der Waals surface area (Å²) >= 11 is 0. The van der Waals surface area contributed by atoms with Crippen molar-refractivity contribution in [3.05, 3.63) is 65.5 Å². The van der Waals surface area contributed by atoms with Gasteiger partial charge in [0.25, 0.3) is 5.89 Å². The summed E-state index contributed by atoms with van der Waals surface area (Å²) in [4.78, 5) is 3.41. The number of fused-ring (bicyclic) bond motifs is 1. The van der Waals surface area contributed by atoms with Crippen LogP contribution in [0.4, 0.5) is 0 Å². The molecule has 0 aliphatic heterocycles. The number of ether oxygens (including phenoxy) is 1. The van der Waals surface area contributed by atoms with Crippen molar-refractivity contribution in [2.45, 2.75) is 13.3 Å². The van der Waals surface area contributed by atoms with Crippen molar-refractivity contribution < 1.29 is 9.15 Å². The van der Waals surface area contributed by atoms with Gasteiger partial charge in [-0.25, -0.2) is 0 Å². The van der Waals surface area contributed by atoms with Crippen LogP contribution in [0.15, 0.2) is 52.9 Å². The van der Waals surface area contributed by atoms with Crippen LogP contribution in [0.1, 0.15) is 17.0 Å². The van der Waals surface area contributed by atoms with Gasteiger partial charge in [0, 0.05) is 24.2 Å². The number of benzene rings is 2. The van der Waals surface area contributed by atoms with Crippen molar-refractivity contribution >= 4 is 10.9 Å². The first-order valence-corrected chi connectivity index (χ1v) is 7.77. The molecule has 5 heteroatoms. The summed E-state index contributed by atoms with van der Waals surface area (Å²) in [6, 6.07) is 16.3. The molecule has 2 aromatic carbocycles. The average molecular weight is 319 g/mol. The Bertz CT molecular complexity index is 986. The standard InChI is InChI=1S/C19H17N3O2/c1-12-21-22-19(24-12)18-16(10-13-6-4-3-5-7-13)15-11-14(23-2)8-9-17(15)20-18/h3-9,11,20H,10H2,1-2H3. The molecule has 0 fully saturated rings. The number of aromatic nitrogens is 3. The number of hydrogen-bond acceptors (Lipinski definition) is 4. The summed E-state index contributed by atoms with van der Waals surface area (Å²) in [5.74, 6) is 1.88. The lowest BCUT2D eigenvalue weighted by Crippen LogP contribution is -1.91. The van der Waals surface area contributed by atoms with Gasteiger partial charge in [0.2, 0.25) is 5.89 Å². The predicted molar refractivity (Wildman–Crippen MR) is 92.1 cm³/mol. The van der Waals surface area contributed by atoms with Crippen LogP contribution >= 0.6 is 0 Å². The first kappa shape index (κ1) is 14.5. The van der Waals surface area contributed by atoms with Gasteiger partial charge in [0.05, 0.1) is 7.11 Å². The summed E-state index contributed by atoms with van der Waals surface area (Å²) < 4.78 is 11.0. The van der Waals surface area contributed by atoms with E-state index in [9.17, 15) is 0 Å². The van der Waals surface area contributed by atoms with Gasteiger partial charge in [-0.05, 0) is 29.3 Å². The fourth-order valence-electron chi connectivity index (χ4n) is 2.92. The molecule has 0 saturated carbocycles. The molecular weight excluding hydrogens is 302 g/mol. The Balaban J connectivity index is 1.91. The molecule has 0 aliphatic rings. The molecule has 0 radical (unpaired) electrons. The summed E-state index contributed by atoms with van der Waals surface area (Å²) in [5, 5.41) is 9.23. The summed E-state index contributed by atoms with van der Waals surface area (Å²) in [6.07, 6.45) is 0.769. The zero-order valence-corrected chi connectivity index (χ0v) is 13.5. The minimum absolute atomic E-state index is 0.508. The van der Waals surface area contributed by atoms with Gasteiger partial charge in [0.15, 0.2) is 0 Å². The van der Waals surface area contributed by atoms with Gasteiger partial charge in [0.1, 0.15) is 11.4 Å². The number of rotatable bonds is 4. The molecule has 2 aromatic heterocycles. The zero-order chi connectivity index (χ0) is 16.5. The number of nitrogens with one attached hydrogen (secondary N) is 1. The number of aromatic amines is 1. The van der Waals surface area contributed by atoms with Crippen molar-refractivity contribution in [3.8, 4) is 17.3 Å². The zero-order valence-electron chi connectivity index (χ0n) is 13.5. The molecule has 0 saturated heterocycles. The van der Waals surface area contributed by atoms with E-state index < -0.39 is 0 Å². The van der Waals surface area contributed by atoms with Crippen molar-refractivity contribution in [2.75, 3.05) is 7.11 Å². The third-order valence-electron chi connectivity index (χ3n) is 4.08. The van der Waals surface area contributed by atoms with E-state index in [2.05, 4.69) is 27.3 Å². The van der Waals surface area contributed by atoms with E-state index in [0.29, 0.717) is 11.8 Å². The molecule has 4 rings (SSSR count). The van der Waals surface area contributed by atoms with E-state index in [0.717, 1.165) is 34.3 Å². The van der Waals surface area contributed by atoms with E-state index >= 15 is 0 Å². The SMILES string of the molecule is COc1ccc2[nH]c(-c3nnc(C)o3)c(Cc3ccccc3)c2c1. The van der Waals surface area contributed by atoms with Gasteiger partial charge >= 0.3 is 0 Å². The van der Waals surface area contributed by atoms with Gasteiger partial charge in [-0.1, -0.05) is 30.3 Å². The van der Waals surface area contributed by atoms with E-state index in [1.54, 1.807) is 14.0 Å². The molecule has 0 amide bonds. The number of methoxy groups -OCH3 is 1. The molecule has 2 heterocycles. The van der Waals surface area contributed by atoms with Crippen LogP contribution in [0, 0.1) is 6.92 Å². The average Bonchev–Trinajstić information content (AvgIpc) is 3.19. The highest BCUT2D eigenvalue weighted by molar-refractivity contribution is 5.90. The van der Waals surface area contributed by atoms with Crippen LogP contribution in [0.5, 0.6) is 5.75 Å². The molecule has 0 bridgehead atoms. The number of hydrogen-bond donors (Lipinski definition) is 1. The van der Waals surface area contributed by atoms with Crippen molar-refractivity contribution in [3.63, 3.8) is 0 Å².